The maximum Gasteiger partial charge on any atom is 0.131 e. The third kappa shape index (κ3) is 4.73. The van der Waals surface area contributed by atoms with E-state index in [-0.39, 0.29) is 0 Å². The molecule has 0 aliphatic carbocycles. The first-order valence-electron chi connectivity index (χ1n) is 7.19. The van der Waals surface area contributed by atoms with E-state index in [0.717, 1.165) is 29.2 Å². The van der Waals surface area contributed by atoms with Gasteiger partial charge in [-0.25, -0.2) is 9.97 Å². The number of piperidine rings is 1. The second kappa shape index (κ2) is 7.20. The van der Waals surface area contributed by atoms with E-state index in [9.17, 15) is 0 Å². The number of anilines is 1. The van der Waals surface area contributed by atoms with Gasteiger partial charge in [0.15, 0.2) is 0 Å². The number of rotatable bonds is 5. The first-order valence-corrected chi connectivity index (χ1v) is 7.99. The molecule has 0 bridgehead atoms. The summed E-state index contributed by atoms with van der Waals surface area (Å²) < 4.78 is 0.854. The van der Waals surface area contributed by atoms with Gasteiger partial charge in [0.25, 0.3) is 0 Å². The van der Waals surface area contributed by atoms with Crippen LogP contribution in [0.4, 0.5) is 5.82 Å². The van der Waals surface area contributed by atoms with Crippen molar-refractivity contribution in [3.8, 4) is 0 Å². The lowest BCUT2D eigenvalue weighted by Gasteiger charge is -2.29. The Morgan fingerprint density at radius 2 is 2.05 bits per heavy atom. The molecule has 2 rings (SSSR count). The van der Waals surface area contributed by atoms with Crippen LogP contribution in [0.5, 0.6) is 0 Å². The van der Waals surface area contributed by atoms with Gasteiger partial charge >= 0.3 is 0 Å². The average Bonchev–Trinajstić information content (AvgIpc) is 2.38. The minimum Gasteiger partial charge on any atom is -0.366 e. The van der Waals surface area contributed by atoms with Crippen molar-refractivity contribution in [2.75, 3.05) is 25.0 Å². The molecule has 4 nitrogen and oxygen atoms in total. The second-order valence-corrected chi connectivity index (χ2v) is 6.06. The van der Waals surface area contributed by atoms with Gasteiger partial charge in [-0.05, 0) is 48.8 Å². The van der Waals surface area contributed by atoms with Crippen molar-refractivity contribution in [3.63, 3.8) is 0 Å². The molecule has 0 amide bonds. The summed E-state index contributed by atoms with van der Waals surface area (Å²) in [7, 11) is 0. The molecule has 1 atom stereocenters. The molecule has 0 spiro atoms. The summed E-state index contributed by atoms with van der Waals surface area (Å²) in [5.41, 5.74) is 0. The van der Waals surface area contributed by atoms with Gasteiger partial charge in [0.05, 0.1) is 0 Å². The van der Waals surface area contributed by atoms with E-state index in [4.69, 9.17) is 0 Å². The fourth-order valence-corrected chi connectivity index (χ4v) is 2.95. The van der Waals surface area contributed by atoms with Gasteiger partial charge in [0.2, 0.25) is 0 Å². The van der Waals surface area contributed by atoms with Crippen LogP contribution in [-0.2, 0) is 6.42 Å². The van der Waals surface area contributed by atoms with Crippen LogP contribution >= 0.6 is 15.9 Å². The zero-order valence-electron chi connectivity index (χ0n) is 11.8. The zero-order valence-corrected chi connectivity index (χ0v) is 13.4. The van der Waals surface area contributed by atoms with Crippen LogP contribution in [0.15, 0.2) is 10.7 Å². The Morgan fingerprint density at radius 1 is 1.32 bits per heavy atom. The van der Waals surface area contributed by atoms with E-state index in [1.807, 2.05) is 6.07 Å². The fraction of sp³-hybridized carbons (Fsp3) is 0.714. The summed E-state index contributed by atoms with van der Waals surface area (Å²) in [5.74, 6) is 1.80. The van der Waals surface area contributed by atoms with Crippen LogP contribution in [0, 0.1) is 0 Å². The summed E-state index contributed by atoms with van der Waals surface area (Å²) in [5, 5.41) is 3.48. The molecule has 5 heteroatoms. The van der Waals surface area contributed by atoms with E-state index >= 15 is 0 Å². The SMILES string of the molecule is CCc1nc(Br)cc(NC(C)CN2CCCCC2)n1. The van der Waals surface area contributed by atoms with Gasteiger partial charge in [0.1, 0.15) is 16.2 Å². The summed E-state index contributed by atoms with van der Waals surface area (Å²) in [6, 6.07) is 2.36. The lowest BCUT2D eigenvalue weighted by molar-refractivity contribution is 0.223. The van der Waals surface area contributed by atoms with Gasteiger partial charge in [0, 0.05) is 25.1 Å². The fourth-order valence-electron chi connectivity index (χ4n) is 2.52. The van der Waals surface area contributed by atoms with Crippen LogP contribution in [0.3, 0.4) is 0 Å². The third-order valence-electron chi connectivity index (χ3n) is 3.43. The van der Waals surface area contributed by atoms with E-state index in [1.54, 1.807) is 0 Å². The highest BCUT2D eigenvalue weighted by molar-refractivity contribution is 9.10. The van der Waals surface area contributed by atoms with Crippen molar-refractivity contribution in [2.24, 2.45) is 0 Å². The summed E-state index contributed by atoms with van der Waals surface area (Å²) in [4.78, 5) is 11.4. The molecule has 0 radical (unpaired) electrons. The highest BCUT2D eigenvalue weighted by atomic mass is 79.9. The molecule has 1 fully saturated rings. The highest BCUT2D eigenvalue weighted by Gasteiger charge is 2.14. The number of likely N-dealkylation sites (tertiary alicyclic amines) is 1. The van der Waals surface area contributed by atoms with Crippen molar-refractivity contribution >= 4 is 21.7 Å². The van der Waals surface area contributed by atoms with E-state index in [1.165, 1.54) is 32.4 Å². The van der Waals surface area contributed by atoms with Crippen LogP contribution in [0.25, 0.3) is 0 Å². The number of hydrogen-bond donors (Lipinski definition) is 1. The van der Waals surface area contributed by atoms with Crippen molar-refractivity contribution in [1.82, 2.24) is 14.9 Å². The molecule has 1 N–H and O–H groups in total. The Morgan fingerprint density at radius 3 is 2.74 bits per heavy atom. The predicted octanol–water partition coefficient (Wildman–Crippen LogP) is 3.09. The number of nitrogens with one attached hydrogen (secondary N) is 1. The maximum absolute atomic E-state index is 4.51. The molecule has 1 aromatic heterocycles. The first kappa shape index (κ1) is 14.7. The van der Waals surface area contributed by atoms with Gasteiger partial charge in [-0.3, -0.25) is 0 Å². The monoisotopic (exact) mass is 326 g/mol. The number of aromatic nitrogens is 2. The Hall–Kier alpha value is -0.680. The molecule has 1 aliphatic rings. The first-order chi connectivity index (χ1) is 9.17. The molecule has 1 aromatic rings. The summed E-state index contributed by atoms with van der Waals surface area (Å²) in [6.45, 7) is 7.85. The van der Waals surface area contributed by atoms with Crippen LogP contribution < -0.4 is 5.32 Å². The normalized spacial score (nSPS) is 18.3. The van der Waals surface area contributed by atoms with Gasteiger partial charge < -0.3 is 10.2 Å². The molecule has 0 aromatic carbocycles. The average molecular weight is 327 g/mol. The maximum atomic E-state index is 4.51. The number of nitrogens with zero attached hydrogens (tertiary/aromatic N) is 3. The molecule has 19 heavy (non-hydrogen) atoms. The minimum atomic E-state index is 0.407. The smallest absolute Gasteiger partial charge is 0.131 e. The minimum absolute atomic E-state index is 0.407. The third-order valence-corrected chi connectivity index (χ3v) is 3.84. The molecular formula is C14H23BrN4. The molecular weight excluding hydrogens is 304 g/mol. The Labute approximate surface area is 124 Å². The van der Waals surface area contributed by atoms with Crippen LogP contribution in [-0.4, -0.2) is 40.5 Å². The van der Waals surface area contributed by atoms with Gasteiger partial charge in [-0.2, -0.15) is 0 Å². The molecule has 1 aliphatic heterocycles. The topological polar surface area (TPSA) is 41.1 Å². The summed E-state index contributed by atoms with van der Waals surface area (Å²) in [6.07, 6.45) is 4.92. The van der Waals surface area contributed by atoms with E-state index in [2.05, 4.69) is 50.0 Å². The van der Waals surface area contributed by atoms with Crippen molar-refractivity contribution in [2.45, 2.75) is 45.6 Å². The Balaban J connectivity index is 1.90. The van der Waals surface area contributed by atoms with Crippen LogP contribution in [0.2, 0.25) is 0 Å². The lowest BCUT2D eigenvalue weighted by Crippen LogP contribution is -2.38. The predicted molar refractivity (Wildman–Crippen MR) is 82.5 cm³/mol. The van der Waals surface area contributed by atoms with Gasteiger partial charge in [-0.15, -0.1) is 0 Å². The molecule has 1 unspecified atom stereocenters. The number of hydrogen-bond acceptors (Lipinski definition) is 4. The molecule has 106 valence electrons. The lowest BCUT2D eigenvalue weighted by atomic mass is 10.1. The van der Waals surface area contributed by atoms with Crippen molar-refractivity contribution in [3.05, 3.63) is 16.5 Å². The van der Waals surface area contributed by atoms with Gasteiger partial charge in [-0.1, -0.05) is 13.3 Å². The van der Waals surface area contributed by atoms with E-state index in [0.29, 0.717) is 6.04 Å². The largest absolute Gasteiger partial charge is 0.366 e. The quantitative estimate of drug-likeness (QED) is 0.844. The Bertz CT molecular complexity index is 404. The highest BCUT2D eigenvalue weighted by Crippen LogP contribution is 2.15. The van der Waals surface area contributed by atoms with Crippen LogP contribution in [0.1, 0.15) is 38.9 Å². The number of aryl methyl sites for hydroxylation is 1. The molecule has 2 heterocycles. The molecule has 0 saturated carbocycles. The Kier molecular flexibility index (Phi) is 5.58. The summed E-state index contributed by atoms with van der Waals surface area (Å²) >= 11 is 3.44. The van der Waals surface area contributed by atoms with Crippen molar-refractivity contribution in [1.29, 1.82) is 0 Å². The van der Waals surface area contributed by atoms with Crippen molar-refractivity contribution < 1.29 is 0 Å². The standard InChI is InChI=1S/C14H23BrN4/c1-3-13-17-12(15)9-14(18-13)16-11(2)10-19-7-5-4-6-8-19/h9,11H,3-8,10H2,1-2H3,(H,16,17,18). The number of halogens is 1. The zero-order chi connectivity index (χ0) is 13.7. The second-order valence-electron chi connectivity index (χ2n) is 5.25. The molecule has 1 saturated heterocycles. The van der Waals surface area contributed by atoms with E-state index < -0.39 is 0 Å².